The molecule has 0 radical (unpaired) electrons. The molecule has 0 saturated carbocycles. The molecule has 1 aromatic carbocycles. The van der Waals surface area contributed by atoms with Crippen molar-refractivity contribution < 1.29 is 9.13 Å². The summed E-state index contributed by atoms with van der Waals surface area (Å²) in [6.45, 7) is 0.369. The van der Waals surface area contributed by atoms with Gasteiger partial charge in [0.1, 0.15) is 11.6 Å². The van der Waals surface area contributed by atoms with Crippen molar-refractivity contribution in [1.82, 2.24) is 0 Å². The Hall–Kier alpha value is -0.800. The molecule has 2 nitrogen and oxygen atoms in total. The maximum absolute atomic E-state index is 13.4. The third kappa shape index (κ3) is 2.11. The van der Waals surface area contributed by atoms with Crippen LogP contribution in [0, 0.1) is 5.82 Å². The molecule has 13 heavy (non-hydrogen) atoms. The zero-order valence-electron chi connectivity index (χ0n) is 7.31. The van der Waals surface area contributed by atoms with Gasteiger partial charge in [0.2, 0.25) is 0 Å². The van der Waals surface area contributed by atoms with Crippen LogP contribution in [0.2, 0.25) is 5.02 Å². The number of ether oxygens (including phenoxy) is 1. The fourth-order valence-corrected chi connectivity index (χ4v) is 1.32. The van der Waals surface area contributed by atoms with Crippen molar-refractivity contribution in [2.75, 3.05) is 13.7 Å². The summed E-state index contributed by atoms with van der Waals surface area (Å²) in [7, 11) is 1.49. The maximum Gasteiger partial charge on any atom is 0.148 e. The topological polar surface area (TPSA) is 35.2 Å². The van der Waals surface area contributed by atoms with Crippen molar-refractivity contribution in [3.63, 3.8) is 0 Å². The standard InChI is InChI=1S/C9H11ClFNO/c1-13-8-3-2-7(10)9(11)6(8)4-5-12/h2-3H,4-5,12H2,1H3. The maximum atomic E-state index is 13.4. The van der Waals surface area contributed by atoms with Crippen LogP contribution in [-0.2, 0) is 6.42 Å². The molecule has 0 unspecified atom stereocenters. The molecule has 0 aromatic heterocycles. The molecular formula is C9H11ClFNO. The lowest BCUT2D eigenvalue weighted by molar-refractivity contribution is 0.404. The van der Waals surface area contributed by atoms with Gasteiger partial charge >= 0.3 is 0 Å². The van der Waals surface area contributed by atoms with Gasteiger partial charge < -0.3 is 10.5 Å². The third-order valence-corrected chi connectivity index (χ3v) is 2.06. The molecule has 0 bridgehead atoms. The van der Waals surface area contributed by atoms with E-state index in [0.717, 1.165) is 0 Å². The Morgan fingerprint density at radius 1 is 1.54 bits per heavy atom. The van der Waals surface area contributed by atoms with Crippen molar-refractivity contribution >= 4 is 11.6 Å². The first-order valence-electron chi connectivity index (χ1n) is 3.91. The normalized spacial score (nSPS) is 10.2. The van der Waals surface area contributed by atoms with Gasteiger partial charge in [-0.2, -0.15) is 0 Å². The minimum atomic E-state index is -0.438. The fraction of sp³-hybridized carbons (Fsp3) is 0.333. The molecule has 1 aromatic rings. The Morgan fingerprint density at radius 2 is 2.23 bits per heavy atom. The highest BCUT2D eigenvalue weighted by Gasteiger charge is 2.11. The summed E-state index contributed by atoms with van der Waals surface area (Å²) in [4.78, 5) is 0. The Labute approximate surface area is 81.4 Å². The zero-order valence-corrected chi connectivity index (χ0v) is 8.07. The van der Waals surface area contributed by atoms with E-state index in [1.54, 1.807) is 6.07 Å². The van der Waals surface area contributed by atoms with Crippen molar-refractivity contribution in [3.05, 3.63) is 28.5 Å². The number of hydrogen-bond donors (Lipinski definition) is 1. The molecule has 4 heteroatoms. The number of nitrogens with two attached hydrogens (primary N) is 1. The fourth-order valence-electron chi connectivity index (χ4n) is 1.14. The van der Waals surface area contributed by atoms with Crippen molar-refractivity contribution in [2.24, 2.45) is 5.73 Å². The van der Waals surface area contributed by atoms with Gasteiger partial charge in [-0.1, -0.05) is 11.6 Å². The number of rotatable bonds is 3. The molecule has 0 aliphatic heterocycles. The summed E-state index contributed by atoms with van der Waals surface area (Å²) in [6.07, 6.45) is 0.426. The monoisotopic (exact) mass is 203 g/mol. The first kappa shape index (κ1) is 10.3. The second kappa shape index (κ2) is 4.44. The van der Waals surface area contributed by atoms with E-state index < -0.39 is 5.82 Å². The van der Waals surface area contributed by atoms with E-state index in [2.05, 4.69) is 0 Å². The first-order valence-corrected chi connectivity index (χ1v) is 4.29. The largest absolute Gasteiger partial charge is 0.496 e. The van der Waals surface area contributed by atoms with Crippen LogP contribution in [0.5, 0.6) is 5.75 Å². The number of methoxy groups -OCH3 is 1. The predicted molar refractivity (Wildman–Crippen MR) is 50.7 cm³/mol. The predicted octanol–water partition coefficient (Wildman–Crippen LogP) is 1.99. The first-order chi connectivity index (χ1) is 6.20. The summed E-state index contributed by atoms with van der Waals surface area (Å²) < 4.78 is 18.3. The van der Waals surface area contributed by atoms with E-state index in [1.165, 1.54) is 13.2 Å². The highest BCUT2D eigenvalue weighted by Crippen LogP contribution is 2.27. The average Bonchev–Trinajstić information content (AvgIpc) is 2.14. The van der Waals surface area contributed by atoms with Crippen LogP contribution in [0.25, 0.3) is 0 Å². The van der Waals surface area contributed by atoms with Crippen LogP contribution in [-0.4, -0.2) is 13.7 Å². The van der Waals surface area contributed by atoms with Crippen LogP contribution in [0.15, 0.2) is 12.1 Å². The average molecular weight is 204 g/mol. The molecule has 1 rings (SSSR count). The Morgan fingerprint density at radius 3 is 2.77 bits per heavy atom. The van der Waals surface area contributed by atoms with Crippen molar-refractivity contribution in [3.8, 4) is 5.75 Å². The van der Waals surface area contributed by atoms with Crippen molar-refractivity contribution in [1.29, 1.82) is 0 Å². The molecule has 0 aliphatic carbocycles. The van der Waals surface area contributed by atoms with Gasteiger partial charge in [-0.15, -0.1) is 0 Å². The van der Waals surface area contributed by atoms with E-state index in [9.17, 15) is 4.39 Å². The molecule has 0 saturated heterocycles. The Balaban J connectivity index is 3.15. The quantitative estimate of drug-likeness (QED) is 0.816. The highest BCUT2D eigenvalue weighted by atomic mass is 35.5. The van der Waals surface area contributed by atoms with E-state index in [1.807, 2.05) is 0 Å². The Bertz CT molecular complexity index is 304. The molecule has 0 atom stereocenters. The lowest BCUT2D eigenvalue weighted by atomic mass is 10.1. The van der Waals surface area contributed by atoms with Gasteiger partial charge in [-0.3, -0.25) is 0 Å². The van der Waals surface area contributed by atoms with Gasteiger partial charge in [0, 0.05) is 5.56 Å². The van der Waals surface area contributed by atoms with E-state index in [0.29, 0.717) is 24.3 Å². The molecule has 0 heterocycles. The highest BCUT2D eigenvalue weighted by molar-refractivity contribution is 6.30. The second-order valence-electron chi connectivity index (χ2n) is 2.58. The lowest BCUT2D eigenvalue weighted by Gasteiger charge is -2.09. The molecule has 0 aliphatic rings. The van der Waals surface area contributed by atoms with Gasteiger partial charge in [0.25, 0.3) is 0 Å². The second-order valence-corrected chi connectivity index (χ2v) is 2.99. The molecular weight excluding hydrogens is 193 g/mol. The van der Waals surface area contributed by atoms with Crippen molar-refractivity contribution in [2.45, 2.75) is 6.42 Å². The van der Waals surface area contributed by atoms with Crippen LogP contribution in [0.4, 0.5) is 4.39 Å². The zero-order chi connectivity index (χ0) is 9.84. The van der Waals surface area contributed by atoms with Gasteiger partial charge in [0.05, 0.1) is 12.1 Å². The molecule has 2 N–H and O–H groups in total. The minimum Gasteiger partial charge on any atom is -0.496 e. The molecule has 0 fully saturated rings. The molecule has 72 valence electrons. The van der Waals surface area contributed by atoms with Crippen LogP contribution >= 0.6 is 11.6 Å². The van der Waals surface area contributed by atoms with Crippen LogP contribution in [0.3, 0.4) is 0 Å². The summed E-state index contributed by atoms with van der Waals surface area (Å²) in [6, 6.07) is 3.10. The summed E-state index contributed by atoms with van der Waals surface area (Å²) >= 11 is 5.61. The number of hydrogen-bond acceptors (Lipinski definition) is 2. The van der Waals surface area contributed by atoms with E-state index >= 15 is 0 Å². The van der Waals surface area contributed by atoms with Gasteiger partial charge in [0.15, 0.2) is 0 Å². The smallest absolute Gasteiger partial charge is 0.148 e. The van der Waals surface area contributed by atoms with E-state index in [4.69, 9.17) is 22.1 Å². The van der Waals surface area contributed by atoms with Gasteiger partial charge in [-0.05, 0) is 25.1 Å². The number of halogens is 2. The SMILES string of the molecule is COc1ccc(Cl)c(F)c1CCN. The van der Waals surface area contributed by atoms with Crippen LogP contribution < -0.4 is 10.5 Å². The van der Waals surface area contributed by atoms with Crippen LogP contribution in [0.1, 0.15) is 5.56 Å². The summed E-state index contributed by atoms with van der Waals surface area (Å²) in [5.41, 5.74) is 5.78. The third-order valence-electron chi connectivity index (χ3n) is 1.77. The summed E-state index contributed by atoms with van der Waals surface area (Å²) in [5, 5.41) is 0.101. The molecule has 0 spiro atoms. The Kier molecular flexibility index (Phi) is 3.51. The minimum absolute atomic E-state index is 0.101. The number of benzene rings is 1. The lowest BCUT2D eigenvalue weighted by Crippen LogP contribution is -2.06. The van der Waals surface area contributed by atoms with E-state index in [-0.39, 0.29) is 5.02 Å². The van der Waals surface area contributed by atoms with Gasteiger partial charge in [-0.25, -0.2) is 4.39 Å². The summed E-state index contributed by atoms with van der Waals surface area (Å²) in [5.74, 6) is 0.0545. The molecule has 0 amide bonds.